The van der Waals surface area contributed by atoms with Gasteiger partial charge in [0.2, 0.25) is 0 Å². The van der Waals surface area contributed by atoms with Crippen molar-refractivity contribution in [3.8, 4) is 23.0 Å². The average molecular weight is 522 g/mol. The molecule has 9 heteroatoms. The number of benzene rings is 3. The Bertz CT molecular complexity index is 1380. The number of halogens is 1. The first kappa shape index (κ1) is 26.5. The van der Waals surface area contributed by atoms with Crippen LogP contribution in [-0.2, 0) is 16.0 Å². The topological polar surface area (TPSA) is 94.5 Å². The van der Waals surface area contributed by atoms with E-state index in [-0.39, 0.29) is 17.7 Å². The van der Waals surface area contributed by atoms with E-state index in [1.807, 2.05) is 6.07 Å². The second-order valence-electron chi connectivity index (χ2n) is 8.55. The van der Waals surface area contributed by atoms with Gasteiger partial charge in [0.25, 0.3) is 11.7 Å². The second kappa shape index (κ2) is 11.2. The summed E-state index contributed by atoms with van der Waals surface area (Å²) in [5.74, 6) is -0.511. The summed E-state index contributed by atoms with van der Waals surface area (Å²) in [6.07, 6.45) is 0.388. The molecule has 1 aliphatic rings. The van der Waals surface area contributed by atoms with Crippen molar-refractivity contribution in [2.24, 2.45) is 0 Å². The van der Waals surface area contributed by atoms with E-state index in [2.05, 4.69) is 0 Å². The summed E-state index contributed by atoms with van der Waals surface area (Å²) in [7, 11) is 6.05. The van der Waals surface area contributed by atoms with Crippen LogP contribution in [0.2, 0.25) is 0 Å². The molecule has 1 N–H and O–H groups in total. The lowest BCUT2D eigenvalue weighted by molar-refractivity contribution is -0.139. The lowest BCUT2D eigenvalue weighted by Gasteiger charge is -2.27. The van der Waals surface area contributed by atoms with Crippen LogP contribution in [0.3, 0.4) is 0 Å². The molecule has 1 fully saturated rings. The zero-order valence-corrected chi connectivity index (χ0v) is 21.5. The molecule has 1 saturated heterocycles. The number of amides is 1. The van der Waals surface area contributed by atoms with Crippen LogP contribution in [0.1, 0.15) is 22.7 Å². The molecule has 0 unspecified atom stereocenters. The molecular weight excluding hydrogens is 493 g/mol. The summed E-state index contributed by atoms with van der Waals surface area (Å²) >= 11 is 0. The molecule has 1 heterocycles. The van der Waals surface area contributed by atoms with Gasteiger partial charge in [-0.1, -0.05) is 6.07 Å². The minimum Gasteiger partial charge on any atom is -0.507 e. The number of hydrogen-bond donors (Lipinski definition) is 1. The first-order valence-corrected chi connectivity index (χ1v) is 11.8. The number of ketones is 1. The molecule has 1 amide bonds. The minimum atomic E-state index is -0.957. The Labute approximate surface area is 219 Å². The van der Waals surface area contributed by atoms with E-state index >= 15 is 0 Å². The van der Waals surface area contributed by atoms with Gasteiger partial charge >= 0.3 is 0 Å². The highest BCUT2D eigenvalue weighted by Crippen LogP contribution is 2.43. The van der Waals surface area contributed by atoms with E-state index in [9.17, 15) is 19.1 Å². The van der Waals surface area contributed by atoms with Crippen molar-refractivity contribution in [1.29, 1.82) is 0 Å². The van der Waals surface area contributed by atoms with Gasteiger partial charge in [-0.25, -0.2) is 4.39 Å². The van der Waals surface area contributed by atoms with Crippen molar-refractivity contribution in [2.45, 2.75) is 12.5 Å². The zero-order chi connectivity index (χ0) is 27.4. The number of ether oxygens (including phenoxy) is 4. The van der Waals surface area contributed by atoms with Crippen molar-refractivity contribution < 1.29 is 38.0 Å². The van der Waals surface area contributed by atoms with Gasteiger partial charge in [-0.15, -0.1) is 0 Å². The normalized spacial score (nSPS) is 16.4. The predicted molar refractivity (Wildman–Crippen MR) is 138 cm³/mol. The summed E-state index contributed by atoms with van der Waals surface area (Å²) < 4.78 is 35.1. The molecule has 0 aromatic heterocycles. The SMILES string of the molecule is COc1ccc([C@H]2C(=C(O)c3ccc(F)cc3)C(=O)C(=O)N2CCc2ccc(OC)c(OC)c2)c(OC)c1. The van der Waals surface area contributed by atoms with Crippen LogP contribution in [0.4, 0.5) is 4.39 Å². The van der Waals surface area contributed by atoms with Crippen LogP contribution < -0.4 is 18.9 Å². The first-order chi connectivity index (χ1) is 18.3. The van der Waals surface area contributed by atoms with Gasteiger partial charge < -0.3 is 29.0 Å². The Morgan fingerprint density at radius 2 is 1.53 bits per heavy atom. The van der Waals surface area contributed by atoms with Crippen molar-refractivity contribution in [1.82, 2.24) is 4.90 Å². The van der Waals surface area contributed by atoms with Gasteiger partial charge in [0.15, 0.2) is 11.5 Å². The molecule has 198 valence electrons. The minimum absolute atomic E-state index is 0.114. The third-order valence-corrected chi connectivity index (χ3v) is 6.48. The van der Waals surface area contributed by atoms with Crippen LogP contribution in [0.15, 0.2) is 66.2 Å². The number of rotatable bonds is 9. The van der Waals surface area contributed by atoms with Crippen LogP contribution in [0.5, 0.6) is 23.0 Å². The van der Waals surface area contributed by atoms with Crippen LogP contribution in [0, 0.1) is 5.82 Å². The Morgan fingerprint density at radius 3 is 2.16 bits per heavy atom. The molecule has 8 nitrogen and oxygen atoms in total. The fraction of sp³-hybridized carbons (Fsp3) is 0.241. The Kier molecular flexibility index (Phi) is 7.85. The molecular formula is C29H28FNO7. The number of aliphatic hydroxyl groups excluding tert-OH is 1. The van der Waals surface area contributed by atoms with Gasteiger partial charge in [-0.3, -0.25) is 9.59 Å². The number of methoxy groups -OCH3 is 4. The molecule has 0 saturated carbocycles. The lowest BCUT2D eigenvalue weighted by atomic mass is 9.94. The summed E-state index contributed by atoms with van der Waals surface area (Å²) in [6.45, 7) is 0.153. The standard InChI is InChI=1S/C29H28FNO7/c1-35-20-10-11-21(23(16-20)37-3)26-25(27(32)18-6-8-19(30)9-7-18)28(33)29(34)31(26)14-13-17-5-12-22(36-2)24(15-17)38-4/h5-12,15-16,26,32H,13-14H2,1-4H3/t26-/m0/s1. The third kappa shape index (κ3) is 5.00. The summed E-state index contributed by atoms with van der Waals surface area (Å²) in [5, 5.41) is 11.2. The number of hydrogen-bond acceptors (Lipinski definition) is 7. The van der Waals surface area contributed by atoms with Crippen molar-refractivity contribution >= 4 is 17.4 Å². The second-order valence-corrected chi connectivity index (χ2v) is 8.55. The summed E-state index contributed by atoms with van der Waals surface area (Å²) in [5.41, 5.74) is 1.44. The molecule has 0 radical (unpaired) electrons. The molecule has 3 aromatic rings. The molecule has 0 spiro atoms. The predicted octanol–water partition coefficient (Wildman–Crippen LogP) is 4.52. The number of Topliss-reactive ketones (excluding diaryl/α,β-unsaturated/α-hetero) is 1. The van der Waals surface area contributed by atoms with Gasteiger partial charge in [0, 0.05) is 23.7 Å². The van der Waals surface area contributed by atoms with E-state index in [4.69, 9.17) is 18.9 Å². The molecule has 38 heavy (non-hydrogen) atoms. The maximum Gasteiger partial charge on any atom is 0.295 e. The average Bonchev–Trinajstić information content (AvgIpc) is 3.20. The Hall–Kier alpha value is -4.53. The van der Waals surface area contributed by atoms with E-state index < -0.39 is 29.3 Å². The van der Waals surface area contributed by atoms with Crippen LogP contribution >= 0.6 is 0 Å². The number of aliphatic hydroxyl groups is 1. The highest BCUT2D eigenvalue weighted by atomic mass is 19.1. The van der Waals surface area contributed by atoms with Gasteiger partial charge in [-0.2, -0.15) is 0 Å². The molecule has 4 rings (SSSR count). The number of likely N-dealkylation sites (tertiary alicyclic amines) is 1. The number of carbonyl (C=O) groups is 2. The molecule has 0 bridgehead atoms. The van der Waals surface area contributed by atoms with Crippen molar-refractivity contribution in [2.75, 3.05) is 35.0 Å². The fourth-order valence-electron chi connectivity index (χ4n) is 4.53. The smallest absolute Gasteiger partial charge is 0.295 e. The highest BCUT2D eigenvalue weighted by Gasteiger charge is 2.47. The van der Waals surface area contributed by atoms with Crippen LogP contribution in [0.25, 0.3) is 5.76 Å². The highest BCUT2D eigenvalue weighted by molar-refractivity contribution is 6.46. The largest absolute Gasteiger partial charge is 0.507 e. The maximum atomic E-state index is 13.5. The molecule has 1 atom stereocenters. The maximum absolute atomic E-state index is 13.5. The van der Waals surface area contributed by atoms with Crippen LogP contribution in [-0.4, -0.2) is 56.7 Å². The van der Waals surface area contributed by atoms with Gasteiger partial charge in [-0.05, 0) is 60.5 Å². The Morgan fingerprint density at radius 1 is 0.842 bits per heavy atom. The quantitative estimate of drug-likeness (QED) is 0.251. The molecule has 0 aliphatic carbocycles. The molecule has 3 aromatic carbocycles. The number of nitrogens with zero attached hydrogens (tertiary/aromatic N) is 1. The van der Waals surface area contributed by atoms with Crippen molar-refractivity contribution in [3.05, 3.63) is 88.7 Å². The zero-order valence-electron chi connectivity index (χ0n) is 21.5. The monoisotopic (exact) mass is 521 g/mol. The van der Waals surface area contributed by atoms with E-state index in [1.54, 1.807) is 37.4 Å². The van der Waals surface area contributed by atoms with Gasteiger partial charge in [0.1, 0.15) is 23.1 Å². The number of carbonyl (C=O) groups excluding carboxylic acids is 2. The third-order valence-electron chi connectivity index (χ3n) is 6.48. The molecule has 1 aliphatic heterocycles. The fourth-order valence-corrected chi connectivity index (χ4v) is 4.53. The van der Waals surface area contributed by atoms with Crippen molar-refractivity contribution in [3.63, 3.8) is 0 Å². The van der Waals surface area contributed by atoms with Gasteiger partial charge in [0.05, 0.1) is 40.1 Å². The lowest BCUT2D eigenvalue weighted by Crippen LogP contribution is -2.32. The van der Waals surface area contributed by atoms with E-state index in [1.165, 1.54) is 50.5 Å². The Balaban J connectivity index is 1.80. The first-order valence-electron chi connectivity index (χ1n) is 11.8. The summed E-state index contributed by atoms with van der Waals surface area (Å²) in [4.78, 5) is 28.0. The van der Waals surface area contributed by atoms with E-state index in [0.29, 0.717) is 35.0 Å². The summed E-state index contributed by atoms with van der Waals surface area (Å²) in [6, 6.07) is 14.5. The van der Waals surface area contributed by atoms with E-state index in [0.717, 1.165) is 5.56 Å².